The summed E-state index contributed by atoms with van der Waals surface area (Å²) in [5.41, 5.74) is 5.48. The van der Waals surface area contributed by atoms with Crippen molar-refractivity contribution in [2.75, 3.05) is 13.1 Å². The van der Waals surface area contributed by atoms with Crippen molar-refractivity contribution >= 4 is 5.91 Å². The summed E-state index contributed by atoms with van der Waals surface area (Å²) in [4.78, 5) is 10.6. The third kappa shape index (κ3) is 1.67. The summed E-state index contributed by atoms with van der Waals surface area (Å²) in [7, 11) is 0. The van der Waals surface area contributed by atoms with Gasteiger partial charge in [-0.3, -0.25) is 4.79 Å². The Balaban J connectivity index is 1.80. The van der Waals surface area contributed by atoms with Gasteiger partial charge in [0.1, 0.15) is 18.3 Å². The Kier molecular flexibility index (Phi) is 2.23. The SMILES string of the molecule is CC(=O)NC[C@@H]1O[C@H](CN)[C@@H]2O[C@@H]21. The average Bonchev–Trinajstić information content (AvgIpc) is 2.80. The highest BCUT2D eigenvalue weighted by atomic mass is 16.7. The lowest BCUT2D eigenvalue weighted by Crippen LogP contribution is -2.35. The molecule has 3 N–H and O–H groups in total. The third-order valence-electron chi connectivity index (χ3n) is 2.43. The van der Waals surface area contributed by atoms with Crippen molar-refractivity contribution in [2.24, 2.45) is 5.73 Å². The first kappa shape index (κ1) is 8.93. The van der Waals surface area contributed by atoms with Crippen LogP contribution in [0.2, 0.25) is 0 Å². The van der Waals surface area contributed by atoms with Crippen molar-refractivity contribution in [1.29, 1.82) is 0 Å². The zero-order valence-corrected chi connectivity index (χ0v) is 7.53. The lowest BCUT2D eigenvalue weighted by atomic mass is 10.2. The van der Waals surface area contributed by atoms with Crippen LogP contribution in [-0.4, -0.2) is 43.4 Å². The number of nitrogens with two attached hydrogens (primary N) is 1. The molecule has 0 aliphatic carbocycles. The van der Waals surface area contributed by atoms with E-state index >= 15 is 0 Å². The average molecular weight is 186 g/mol. The van der Waals surface area contributed by atoms with Gasteiger partial charge in [-0.2, -0.15) is 0 Å². The zero-order valence-electron chi connectivity index (χ0n) is 7.53. The van der Waals surface area contributed by atoms with E-state index in [9.17, 15) is 4.79 Å². The summed E-state index contributed by atoms with van der Waals surface area (Å²) in [5, 5.41) is 2.70. The van der Waals surface area contributed by atoms with Crippen molar-refractivity contribution in [3.8, 4) is 0 Å². The van der Waals surface area contributed by atoms with Gasteiger partial charge in [0, 0.05) is 20.0 Å². The van der Waals surface area contributed by atoms with Crippen molar-refractivity contribution < 1.29 is 14.3 Å². The number of hydrogen-bond donors (Lipinski definition) is 2. The summed E-state index contributed by atoms with van der Waals surface area (Å²) in [5.74, 6) is -0.0444. The number of fused-ring (bicyclic) bond motifs is 1. The van der Waals surface area contributed by atoms with Crippen molar-refractivity contribution in [2.45, 2.75) is 31.3 Å². The van der Waals surface area contributed by atoms with Crippen molar-refractivity contribution in [1.82, 2.24) is 5.32 Å². The standard InChI is InChI=1S/C8H14N2O3/c1-4(11)10-3-6-8-7(13-8)5(2-9)12-6/h5-8H,2-3,9H2,1H3,(H,10,11)/t5-,6+,7+,8-/m1/s1. The van der Waals surface area contributed by atoms with E-state index in [2.05, 4.69) is 5.32 Å². The Labute approximate surface area is 76.6 Å². The molecule has 0 radical (unpaired) electrons. The van der Waals surface area contributed by atoms with Gasteiger partial charge in [-0.1, -0.05) is 0 Å². The molecule has 0 aromatic rings. The summed E-state index contributed by atoms with van der Waals surface area (Å²) < 4.78 is 10.9. The molecule has 2 saturated heterocycles. The summed E-state index contributed by atoms with van der Waals surface area (Å²) in [6.07, 6.45) is 0.329. The second-order valence-electron chi connectivity index (χ2n) is 3.45. The van der Waals surface area contributed by atoms with Crippen molar-refractivity contribution in [3.63, 3.8) is 0 Å². The molecular formula is C8H14N2O3. The number of ether oxygens (including phenoxy) is 2. The van der Waals surface area contributed by atoms with E-state index in [1.165, 1.54) is 6.92 Å². The Bertz CT molecular complexity index is 221. The molecule has 0 unspecified atom stereocenters. The molecule has 0 aromatic heterocycles. The van der Waals surface area contributed by atoms with Crippen LogP contribution in [0.4, 0.5) is 0 Å². The number of carbonyl (C=O) groups excluding carboxylic acids is 1. The summed E-state index contributed by atoms with van der Waals surface area (Å²) in [6.45, 7) is 2.49. The topological polar surface area (TPSA) is 76.9 Å². The fourth-order valence-corrected chi connectivity index (χ4v) is 1.71. The predicted octanol–water partition coefficient (Wildman–Crippen LogP) is -1.38. The Hall–Kier alpha value is -0.650. The molecule has 13 heavy (non-hydrogen) atoms. The molecule has 0 saturated carbocycles. The lowest BCUT2D eigenvalue weighted by molar-refractivity contribution is -0.120. The van der Waals surface area contributed by atoms with E-state index < -0.39 is 0 Å². The lowest BCUT2D eigenvalue weighted by Gasteiger charge is -2.16. The minimum absolute atomic E-state index is 0.0116. The highest BCUT2D eigenvalue weighted by Crippen LogP contribution is 2.38. The number of nitrogens with one attached hydrogen (secondary N) is 1. The van der Waals surface area contributed by atoms with E-state index in [0.29, 0.717) is 13.1 Å². The van der Waals surface area contributed by atoms with Crippen LogP contribution < -0.4 is 11.1 Å². The quantitative estimate of drug-likeness (QED) is 0.532. The maximum atomic E-state index is 10.6. The normalized spacial score (nSPS) is 41.4. The second kappa shape index (κ2) is 3.25. The van der Waals surface area contributed by atoms with E-state index in [4.69, 9.17) is 15.2 Å². The van der Waals surface area contributed by atoms with Gasteiger partial charge in [-0.05, 0) is 0 Å². The smallest absolute Gasteiger partial charge is 0.216 e. The maximum Gasteiger partial charge on any atom is 0.216 e. The van der Waals surface area contributed by atoms with Gasteiger partial charge in [0.25, 0.3) is 0 Å². The molecule has 74 valence electrons. The first-order chi connectivity index (χ1) is 6.22. The molecule has 4 atom stereocenters. The first-order valence-corrected chi connectivity index (χ1v) is 4.48. The Morgan fingerprint density at radius 3 is 2.62 bits per heavy atom. The van der Waals surface area contributed by atoms with Crippen LogP contribution >= 0.6 is 0 Å². The van der Waals surface area contributed by atoms with E-state index in [1.807, 2.05) is 0 Å². The number of hydrogen-bond acceptors (Lipinski definition) is 4. The van der Waals surface area contributed by atoms with Crippen LogP contribution in [-0.2, 0) is 14.3 Å². The Morgan fingerprint density at radius 2 is 2.08 bits per heavy atom. The molecular weight excluding hydrogens is 172 g/mol. The van der Waals surface area contributed by atoms with Crippen LogP contribution in [0.1, 0.15) is 6.92 Å². The minimum Gasteiger partial charge on any atom is -0.366 e. The first-order valence-electron chi connectivity index (χ1n) is 4.48. The van der Waals surface area contributed by atoms with Crippen LogP contribution in [0.5, 0.6) is 0 Å². The Morgan fingerprint density at radius 1 is 1.38 bits per heavy atom. The number of epoxide rings is 1. The zero-order chi connectivity index (χ0) is 9.42. The molecule has 1 amide bonds. The molecule has 5 heteroatoms. The van der Waals surface area contributed by atoms with Crippen LogP contribution in [0.15, 0.2) is 0 Å². The highest BCUT2D eigenvalue weighted by molar-refractivity contribution is 5.72. The molecule has 2 fully saturated rings. The molecule has 0 aromatic carbocycles. The largest absolute Gasteiger partial charge is 0.366 e. The predicted molar refractivity (Wildman–Crippen MR) is 45.1 cm³/mol. The van der Waals surface area contributed by atoms with Crippen LogP contribution in [0, 0.1) is 0 Å². The van der Waals surface area contributed by atoms with Gasteiger partial charge in [0.05, 0.1) is 6.10 Å². The number of amides is 1. The maximum absolute atomic E-state index is 10.6. The highest BCUT2D eigenvalue weighted by Gasteiger charge is 2.57. The molecule has 2 rings (SSSR count). The van der Waals surface area contributed by atoms with Gasteiger partial charge < -0.3 is 20.5 Å². The molecule has 0 bridgehead atoms. The summed E-state index contributed by atoms with van der Waals surface area (Å²) >= 11 is 0. The van der Waals surface area contributed by atoms with E-state index in [1.54, 1.807) is 0 Å². The molecule has 2 heterocycles. The van der Waals surface area contributed by atoms with E-state index in [-0.39, 0.29) is 30.3 Å². The van der Waals surface area contributed by atoms with Gasteiger partial charge in [-0.25, -0.2) is 0 Å². The van der Waals surface area contributed by atoms with Gasteiger partial charge in [0.15, 0.2) is 0 Å². The fraction of sp³-hybridized carbons (Fsp3) is 0.875. The fourth-order valence-electron chi connectivity index (χ4n) is 1.71. The minimum atomic E-state index is -0.0444. The van der Waals surface area contributed by atoms with Gasteiger partial charge in [-0.15, -0.1) is 0 Å². The monoisotopic (exact) mass is 186 g/mol. The third-order valence-corrected chi connectivity index (χ3v) is 2.43. The number of carbonyl (C=O) groups is 1. The molecule has 5 nitrogen and oxygen atoms in total. The van der Waals surface area contributed by atoms with Gasteiger partial charge >= 0.3 is 0 Å². The van der Waals surface area contributed by atoms with Crippen LogP contribution in [0.25, 0.3) is 0 Å². The molecule has 2 aliphatic heterocycles. The second-order valence-corrected chi connectivity index (χ2v) is 3.45. The summed E-state index contributed by atoms with van der Waals surface area (Å²) in [6, 6.07) is 0. The molecule has 2 aliphatic rings. The number of rotatable bonds is 3. The van der Waals surface area contributed by atoms with Crippen LogP contribution in [0.3, 0.4) is 0 Å². The van der Waals surface area contributed by atoms with Crippen molar-refractivity contribution in [3.05, 3.63) is 0 Å². The van der Waals surface area contributed by atoms with Gasteiger partial charge in [0.2, 0.25) is 5.91 Å². The molecule has 0 spiro atoms. The van der Waals surface area contributed by atoms with E-state index in [0.717, 1.165) is 0 Å².